The summed E-state index contributed by atoms with van der Waals surface area (Å²) in [5.74, 6) is 1.42. The zero-order valence-electron chi connectivity index (χ0n) is 10.6. The van der Waals surface area contributed by atoms with E-state index in [4.69, 9.17) is 0 Å². The normalized spacial score (nSPS) is 25.0. The van der Waals surface area contributed by atoms with Crippen molar-refractivity contribution in [3.63, 3.8) is 0 Å². The second-order valence-corrected chi connectivity index (χ2v) is 5.22. The first-order valence-electron chi connectivity index (χ1n) is 7.25. The molecule has 0 spiro atoms. The van der Waals surface area contributed by atoms with E-state index in [0.29, 0.717) is 0 Å². The number of amidine groups is 1. The van der Waals surface area contributed by atoms with Crippen molar-refractivity contribution in [2.45, 2.75) is 64.2 Å². The topological polar surface area (TPSA) is 15.6 Å². The molecule has 0 bridgehead atoms. The molecule has 92 valence electrons. The fraction of sp³-hybridized carbons (Fsp3) is 0.929. The van der Waals surface area contributed by atoms with Crippen molar-refractivity contribution in [1.82, 2.24) is 4.90 Å². The van der Waals surface area contributed by atoms with Gasteiger partial charge >= 0.3 is 0 Å². The Morgan fingerprint density at radius 2 is 1.31 bits per heavy atom. The van der Waals surface area contributed by atoms with Gasteiger partial charge in [-0.2, -0.15) is 0 Å². The first-order valence-corrected chi connectivity index (χ1v) is 7.25. The van der Waals surface area contributed by atoms with Crippen LogP contribution in [0.3, 0.4) is 0 Å². The Balaban J connectivity index is 1.79. The highest BCUT2D eigenvalue weighted by atomic mass is 15.2. The van der Waals surface area contributed by atoms with Crippen LogP contribution in [0.1, 0.15) is 64.2 Å². The molecule has 2 aliphatic rings. The lowest BCUT2D eigenvalue weighted by Gasteiger charge is -2.20. The van der Waals surface area contributed by atoms with E-state index < -0.39 is 0 Å². The summed E-state index contributed by atoms with van der Waals surface area (Å²) in [4.78, 5) is 7.19. The Bertz CT molecular complexity index is 223. The fourth-order valence-corrected chi connectivity index (χ4v) is 2.83. The van der Waals surface area contributed by atoms with Gasteiger partial charge in [0.2, 0.25) is 0 Å². The summed E-state index contributed by atoms with van der Waals surface area (Å²) in [6.45, 7) is 3.50. The minimum absolute atomic E-state index is 1.05. The smallest absolute Gasteiger partial charge is 0.0990 e. The van der Waals surface area contributed by atoms with E-state index in [9.17, 15) is 0 Å². The van der Waals surface area contributed by atoms with Crippen molar-refractivity contribution in [2.75, 3.05) is 19.6 Å². The van der Waals surface area contributed by atoms with Crippen LogP contribution in [0.25, 0.3) is 0 Å². The molecule has 1 fully saturated rings. The van der Waals surface area contributed by atoms with Crippen molar-refractivity contribution < 1.29 is 0 Å². The van der Waals surface area contributed by atoms with Gasteiger partial charge in [-0.1, -0.05) is 44.9 Å². The van der Waals surface area contributed by atoms with E-state index in [0.717, 1.165) is 6.54 Å². The Kier molecular flexibility index (Phi) is 5.17. The molecule has 0 N–H and O–H groups in total. The number of hydrogen-bond acceptors (Lipinski definition) is 2. The molecular weight excluding hydrogens is 196 g/mol. The molecule has 0 aromatic carbocycles. The molecule has 0 saturated carbocycles. The van der Waals surface area contributed by atoms with E-state index in [1.54, 1.807) is 0 Å². The van der Waals surface area contributed by atoms with Crippen LogP contribution in [0, 0.1) is 0 Å². The maximum Gasteiger partial charge on any atom is 0.0990 e. The fourth-order valence-electron chi connectivity index (χ4n) is 2.83. The highest BCUT2D eigenvalue weighted by molar-refractivity contribution is 5.83. The lowest BCUT2D eigenvalue weighted by molar-refractivity contribution is 0.425. The molecule has 2 heteroatoms. The molecule has 2 rings (SSSR count). The van der Waals surface area contributed by atoms with Crippen LogP contribution in [0.2, 0.25) is 0 Å². The summed E-state index contributed by atoms with van der Waals surface area (Å²) >= 11 is 0. The Morgan fingerprint density at radius 3 is 2.06 bits per heavy atom. The average Bonchev–Trinajstić information content (AvgIpc) is 2.73. The van der Waals surface area contributed by atoms with Gasteiger partial charge < -0.3 is 4.90 Å². The van der Waals surface area contributed by atoms with Crippen LogP contribution in [-0.4, -0.2) is 30.4 Å². The van der Waals surface area contributed by atoms with Crippen LogP contribution in [-0.2, 0) is 0 Å². The summed E-state index contributed by atoms with van der Waals surface area (Å²) in [7, 11) is 0. The van der Waals surface area contributed by atoms with Gasteiger partial charge in [0.1, 0.15) is 0 Å². The van der Waals surface area contributed by atoms with Crippen LogP contribution in [0.5, 0.6) is 0 Å². The first-order chi connectivity index (χ1) is 7.97. The third-order valence-corrected chi connectivity index (χ3v) is 3.86. The van der Waals surface area contributed by atoms with Crippen LogP contribution < -0.4 is 0 Å². The van der Waals surface area contributed by atoms with Crippen molar-refractivity contribution in [3.05, 3.63) is 0 Å². The standard InChI is InChI=1S/C14H26N2/c1-2-4-6-8-10-14-15-11-13-16(14)12-9-7-5-3-1/h1-13H2. The summed E-state index contributed by atoms with van der Waals surface area (Å²) in [6, 6.07) is 0. The van der Waals surface area contributed by atoms with Gasteiger partial charge in [0, 0.05) is 19.5 Å². The molecule has 1 saturated heterocycles. The van der Waals surface area contributed by atoms with Gasteiger partial charge in [-0.15, -0.1) is 0 Å². The zero-order valence-corrected chi connectivity index (χ0v) is 10.6. The Morgan fingerprint density at radius 1 is 0.688 bits per heavy atom. The van der Waals surface area contributed by atoms with E-state index in [-0.39, 0.29) is 0 Å². The lowest BCUT2D eigenvalue weighted by Crippen LogP contribution is -2.28. The van der Waals surface area contributed by atoms with Crippen molar-refractivity contribution >= 4 is 5.84 Å². The lowest BCUT2D eigenvalue weighted by atomic mass is 10.1. The number of rotatable bonds is 0. The Hall–Kier alpha value is -0.530. The summed E-state index contributed by atoms with van der Waals surface area (Å²) in [5, 5.41) is 0. The van der Waals surface area contributed by atoms with Crippen LogP contribution >= 0.6 is 0 Å². The van der Waals surface area contributed by atoms with Gasteiger partial charge in [0.05, 0.1) is 12.4 Å². The minimum atomic E-state index is 1.05. The number of fused-ring (bicyclic) bond motifs is 1. The number of aliphatic imine (C=N–C) groups is 1. The van der Waals surface area contributed by atoms with Crippen molar-refractivity contribution in [1.29, 1.82) is 0 Å². The summed E-state index contributed by atoms with van der Waals surface area (Å²) < 4.78 is 0. The molecule has 0 aliphatic carbocycles. The largest absolute Gasteiger partial charge is 0.359 e. The predicted octanol–water partition coefficient (Wildman–Crippen LogP) is 3.62. The second-order valence-electron chi connectivity index (χ2n) is 5.22. The maximum atomic E-state index is 4.65. The van der Waals surface area contributed by atoms with Crippen molar-refractivity contribution in [2.24, 2.45) is 4.99 Å². The molecule has 0 aromatic rings. The van der Waals surface area contributed by atoms with E-state index >= 15 is 0 Å². The van der Waals surface area contributed by atoms with Crippen molar-refractivity contribution in [3.8, 4) is 0 Å². The first kappa shape index (κ1) is 11.9. The monoisotopic (exact) mass is 222 g/mol. The van der Waals surface area contributed by atoms with E-state index in [2.05, 4.69) is 9.89 Å². The zero-order chi connectivity index (χ0) is 11.1. The van der Waals surface area contributed by atoms with E-state index in [1.807, 2.05) is 0 Å². The molecule has 0 amide bonds. The van der Waals surface area contributed by atoms with Gasteiger partial charge in [0.25, 0.3) is 0 Å². The third kappa shape index (κ3) is 3.80. The summed E-state index contributed by atoms with van der Waals surface area (Å²) in [5.41, 5.74) is 0. The third-order valence-electron chi connectivity index (χ3n) is 3.86. The van der Waals surface area contributed by atoms with Gasteiger partial charge in [-0.3, -0.25) is 4.99 Å². The molecule has 0 atom stereocenters. The summed E-state index contributed by atoms with van der Waals surface area (Å²) in [6.07, 6.45) is 14.1. The SMILES string of the molecule is C1CCCCCC2=NCCN2CCCCC1. The van der Waals surface area contributed by atoms with Gasteiger partial charge in [-0.25, -0.2) is 0 Å². The Labute approximate surface area is 100 Å². The van der Waals surface area contributed by atoms with Gasteiger partial charge in [0.15, 0.2) is 0 Å². The average molecular weight is 222 g/mol. The number of hydrogen-bond donors (Lipinski definition) is 0. The minimum Gasteiger partial charge on any atom is -0.359 e. The molecule has 0 radical (unpaired) electrons. The maximum absolute atomic E-state index is 4.65. The van der Waals surface area contributed by atoms with Crippen LogP contribution in [0.15, 0.2) is 4.99 Å². The molecule has 0 aromatic heterocycles. The molecule has 2 aliphatic heterocycles. The molecule has 2 nitrogen and oxygen atoms in total. The van der Waals surface area contributed by atoms with E-state index in [1.165, 1.54) is 83.1 Å². The molecule has 0 unspecified atom stereocenters. The predicted molar refractivity (Wildman–Crippen MR) is 70.0 cm³/mol. The highest BCUT2D eigenvalue weighted by Gasteiger charge is 2.15. The molecular formula is C14H26N2. The molecule has 16 heavy (non-hydrogen) atoms. The second kappa shape index (κ2) is 6.93. The highest BCUT2D eigenvalue weighted by Crippen LogP contribution is 2.15. The van der Waals surface area contributed by atoms with Crippen LogP contribution in [0.4, 0.5) is 0 Å². The molecule has 2 heterocycles. The van der Waals surface area contributed by atoms with Gasteiger partial charge in [-0.05, 0) is 12.8 Å². The quantitative estimate of drug-likeness (QED) is 0.611. The number of nitrogens with zero attached hydrogens (tertiary/aromatic N) is 2.